The van der Waals surface area contributed by atoms with Gasteiger partial charge < -0.3 is 10.6 Å². The van der Waals surface area contributed by atoms with Crippen LogP contribution in [0.4, 0.5) is 27.6 Å². The van der Waals surface area contributed by atoms with Crippen LogP contribution in [0, 0.1) is 23.0 Å². The Morgan fingerprint density at radius 1 is 1.00 bits per heavy atom. The van der Waals surface area contributed by atoms with Crippen molar-refractivity contribution in [2.24, 2.45) is 0 Å². The van der Waals surface area contributed by atoms with Gasteiger partial charge in [-0.2, -0.15) is 18.4 Å². The average Bonchev–Trinajstić information content (AvgIpc) is 3.25. The Hall–Kier alpha value is -4.89. The maximum atomic E-state index is 14.1. The van der Waals surface area contributed by atoms with E-state index in [9.17, 15) is 31.5 Å². The number of aromatic nitrogens is 2. The Balaban J connectivity index is 1.66. The number of carbonyl (C=O) groups is 2. The van der Waals surface area contributed by atoms with Crippen LogP contribution in [-0.4, -0.2) is 21.8 Å². The fraction of sp³-hybridized carbons (Fsp3) is 0.0741. The summed E-state index contributed by atoms with van der Waals surface area (Å²) in [5.74, 6) is -3.78. The standard InChI is InChI=1S/C27H13ClF5N5O2/c28-20-2-1-16(29)8-18(20)24-23-19(26(40)38-24)5-12(14-10-35-22(9-34)36-11-14)6-21(23)37-25(39)13-3-15(27(31,32)33)7-17(30)4-13/h1-8,10-11,24H,(H,37,39)(H,38,40). The van der Waals surface area contributed by atoms with Crippen molar-refractivity contribution in [2.45, 2.75) is 12.2 Å². The zero-order valence-electron chi connectivity index (χ0n) is 19.8. The average molecular weight is 570 g/mol. The number of hydrogen-bond acceptors (Lipinski definition) is 5. The Morgan fingerprint density at radius 3 is 2.40 bits per heavy atom. The molecule has 0 fully saturated rings. The number of amides is 2. The fourth-order valence-electron chi connectivity index (χ4n) is 4.29. The first kappa shape index (κ1) is 26.7. The Kier molecular flexibility index (Phi) is 6.69. The Morgan fingerprint density at radius 2 is 1.73 bits per heavy atom. The van der Waals surface area contributed by atoms with Gasteiger partial charge in [-0.25, -0.2) is 18.7 Å². The second kappa shape index (κ2) is 10.0. The van der Waals surface area contributed by atoms with Crippen LogP contribution < -0.4 is 10.6 Å². The molecule has 5 rings (SSSR count). The number of alkyl halides is 3. The molecule has 0 saturated heterocycles. The Bertz CT molecular complexity index is 1740. The van der Waals surface area contributed by atoms with Crippen LogP contribution in [0.2, 0.25) is 5.02 Å². The van der Waals surface area contributed by atoms with Gasteiger partial charge in [0.1, 0.15) is 17.7 Å². The number of carbonyl (C=O) groups excluding carboxylic acids is 2. The van der Waals surface area contributed by atoms with Crippen molar-refractivity contribution in [1.29, 1.82) is 5.26 Å². The van der Waals surface area contributed by atoms with Crippen molar-refractivity contribution >= 4 is 29.1 Å². The van der Waals surface area contributed by atoms with Crippen LogP contribution in [0.5, 0.6) is 0 Å². The molecule has 1 aromatic heterocycles. The first-order chi connectivity index (χ1) is 18.9. The number of halogens is 6. The van der Waals surface area contributed by atoms with Gasteiger partial charge in [0, 0.05) is 50.9 Å². The maximum absolute atomic E-state index is 14.1. The summed E-state index contributed by atoms with van der Waals surface area (Å²) in [6.45, 7) is 0. The molecule has 1 aliphatic heterocycles. The number of nitrogens with one attached hydrogen (secondary N) is 2. The van der Waals surface area contributed by atoms with E-state index in [1.165, 1.54) is 30.6 Å². The molecule has 1 aliphatic rings. The number of rotatable bonds is 4. The van der Waals surface area contributed by atoms with Crippen LogP contribution in [-0.2, 0) is 6.18 Å². The van der Waals surface area contributed by atoms with Crippen molar-refractivity contribution in [3.8, 4) is 17.2 Å². The van der Waals surface area contributed by atoms with E-state index in [-0.39, 0.29) is 39.3 Å². The molecule has 0 aliphatic carbocycles. The van der Waals surface area contributed by atoms with E-state index in [0.717, 1.165) is 12.1 Å². The van der Waals surface area contributed by atoms with Crippen LogP contribution >= 0.6 is 11.6 Å². The summed E-state index contributed by atoms with van der Waals surface area (Å²) in [5, 5.41) is 14.2. The minimum atomic E-state index is -4.91. The highest BCUT2D eigenvalue weighted by molar-refractivity contribution is 6.31. The molecule has 1 unspecified atom stereocenters. The number of fused-ring (bicyclic) bond motifs is 1. The molecular formula is C27H13ClF5N5O2. The van der Waals surface area contributed by atoms with Crippen molar-refractivity contribution in [3.05, 3.63) is 111 Å². The maximum Gasteiger partial charge on any atom is 0.416 e. The summed E-state index contributed by atoms with van der Waals surface area (Å²) in [6, 6.07) is 8.42. The van der Waals surface area contributed by atoms with Crippen molar-refractivity contribution < 1.29 is 31.5 Å². The second-order valence-electron chi connectivity index (χ2n) is 8.64. The summed E-state index contributed by atoms with van der Waals surface area (Å²) >= 11 is 6.28. The van der Waals surface area contributed by atoms with Crippen LogP contribution in [0.3, 0.4) is 0 Å². The summed E-state index contributed by atoms with van der Waals surface area (Å²) in [4.78, 5) is 33.9. The van der Waals surface area contributed by atoms with Gasteiger partial charge in [-0.3, -0.25) is 9.59 Å². The lowest BCUT2D eigenvalue weighted by Gasteiger charge is -2.19. The first-order valence-electron chi connectivity index (χ1n) is 11.3. The minimum absolute atomic E-state index is 0.0395. The van der Waals surface area contributed by atoms with Crippen molar-refractivity contribution in [3.63, 3.8) is 0 Å². The highest BCUT2D eigenvalue weighted by atomic mass is 35.5. The van der Waals surface area contributed by atoms with Gasteiger partial charge >= 0.3 is 6.18 Å². The SMILES string of the molecule is N#Cc1ncc(-c2cc(NC(=O)c3cc(F)cc(C(F)(F)F)c3)c3c(c2)C(=O)NC3c2cc(F)ccc2Cl)cn1. The van der Waals surface area contributed by atoms with Gasteiger partial charge in [0.25, 0.3) is 11.8 Å². The van der Waals surface area contributed by atoms with Crippen LogP contribution in [0.25, 0.3) is 11.1 Å². The van der Waals surface area contributed by atoms with E-state index in [1.54, 1.807) is 6.07 Å². The normalized spacial score (nSPS) is 14.3. The molecule has 2 heterocycles. The highest BCUT2D eigenvalue weighted by Crippen LogP contribution is 2.42. The number of hydrogen-bond donors (Lipinski definition) is 2. The summed E-state index contributed by atoms with van der Waals surface area (Å²) < 4.78 is 67.9. The number of anilines is 1. The third-order valence-corrected chi connectivity index (χ3v) is 6.42. The highest BCUT2D eigenvalue weighted by Gasteiger charge is 2.36. The molecule has 1 atom stereocenters. The number of nitriles is 1. The van der Waals surface area contributed by atoms with E-state index in [1.807, 2.05) is 0 Å². The molecule has 0 radical (unpaired) electrons. The molecule has 2 N–H and O–H groups in total. The molecule has 0 spiro atoms. The third-order valence-electron chi connectivity index (χ3n) is 6.08. The first-order valence-corrected chi connectivity index (χ1v) is 11.7. The van der Waals surface area contributed by atoms with E-state index in [2.05, 4.69) is 20.6 Å². The fourth-order valence-corrected chi connectivity index (χ4v) is 4.51. The summed E-state index contributed by atoms with van der Waals surface area (Å²) in [7, 11) is 0. The monoisotopic (exact) mass is 569 g/mol. The smallest absolute Gasteiger partial charge is 0.341 e. The van der Waals surface area contributed by atoms with Gasteiger partial charge in [-0.15, -0.1) is 0 Å². The zero-order valence-corrected chi connectivity index (χ0v) is 20.5. The predicted octanol–water partition coefficient (Wildman–Crippen LogP) is 6.05. The molecule has 0 saturated carbocycles. The molecule has 200 valence electrons. The molecule has 13 heteroatoms. The molecule has 2 amide bonds. The lowest BCUT2D eigenvalue weighted by molar-refractivity contribution is -0.137. The largest absolute Gasteiger partial charge is 0.416 e. The van der Waals surface area contributed by atoms with Gasteiger partial charge in [0.15, 0.2) is 0 Å². The van der Waals surface area contributed by atoms with Gasteiger partial charge in [0.2, 0.25) is 5.82 Å². The van der Waals surface area contributed by atoms with Gasteiger partial charge in [-0.1, -0.05) is 11.6 Å². The number of benzene rings is 3. The van der Waals surface area contributed by atoms with E-state index in [4.69, 9.17) is 16.9 Å². The topological polar surface area (TPSA) is 108 Å². The van der Waals surface area contributed by atoms with Gasteiger partial charge in [0.05, 0.1) is 11.6 Å². The summed E-state index contributed by atoms with van der Waals surface area (Å²) in [5.41, 5.74) is -1.07. The minimum Gasteiger partial charge on any atom is -0.341 e. The van der Waals surface area contributed by atoms with E-state index in [0.29, 0.717) is 23.3 Å². The Labute approximate surface area is 227 Å². The van der Waals surface area contributed by atoms with E-state index < -0.39 is 46.8 Å². The van der Waals surface area contributed by atoms with Crippen LogP contribution in [0.1, 0.15) is 49.3 Å². The third kappa shape index (κ3) is 5.06. The summed E-state index contributed by atoms with van der Waals surface area (Å²) in [6.07, 6.45) is -2.31. The molecule has 40 heavy (non-hydrogen) atoms. The molecule has 3 aromatic carbocycles. The molecule has 7 nitrogen and oxygen atoms in total. The van der Waals surface area contributed by atoms with E-state index >= 15 is 0 Å². The lowest BCUT2D eigenvalue weighted by Crippen LogP contribution is -2.21. The molecule has 4 aromatic rings. The van der Waals surface area contributed by atoms with Crippen molar-refractivity contribution in [1.82, 2.24) is 15.3 Å². The van der Waals surface area contributed by atoms with Crippen LogP contribution in [0.15, 0.2) is 60.9 Å². The lowest BCUT2D eigenvalue weighted by atomic mass is 9.93. The van der Waals surface area contributed by atoms with Gasteiger partial charge in [-0.05, 0) is 54.1 Å². The second-order valence-corrected chi connectivity index (χ2v) is 9.05. The quantitative estimate of drug-likeness (QED) is 0.291. The zero-order chi connectivity index (χ0) is 28.8. The van der Waals surface area contributed by atoms with Crippen molar-refractivity contribution in [2.75, 3.05) is 5.32 Å². The molecular weight excluding hydrogens is 557 g/mol. The number of nitrogens with zero attached hydrogens (tertiary/aromatic N) is 3. The molecule has 0 bridgehead atoms. The predicted molar refractivity (Wildman–Crippen MR) is 132 cm³/mol.